The van der Waals surface area contributed by atoms with Gasteiger partial charge in [0.05, 0.1) is 13.2 Å². The largest absolute Gasteiger partial charge is 0.359 e. The summed E-state index contributed by atoms with van der Waals surface area (Å²) < 4.78 is 4.90. The van der Waals surface area contributed by atoms with Crippen molar-refractivity contribution < 1.29 is 4.74 Å². The molecule has 1 heterocycles. The van der Waals surface area contributed by atoms with Gasteiger partial charge in [-0.25, -0.2) is 0 Å². The Bertz CT molecular complexity index is 139. The van der Waals surface area contributed by atoms with Crippen molar-refractivity contribution in [1.82, 2.24) is 4.90 Å². The molecule has 1 rings (SSSR count). The van der Waals surface area contributed by atoms with Crippen LogP contribution in [0.2, 0.25) is 0 Å². The van der Waals surface area contributed by atoms with E-state index in [1.807, 2.05) is 19.0 Å². The van der Waals surface area contributed by atoms with Crippen LogP contribution in [0.25, 0.3) is 0 Å². The Hall–Kier alpha value is -0.520. The molecule has 1 unspecified atom stereocenters. The predicted molar refractivity (Wildman–Crippen MR) is 36.1 cm³/mol. The van der Waals surface area contributed by atoms with Crippen LogP contribution >= 0.6 is 0 Å². The molecule has 1 saturated heterocycles. The van der Waals surface area contributed by atoms with E-state index in [-0.39, 0.29) is 6.10 Å². The second-order valence-corrected chi connectivity index (χ2v) is 2.38. The Kier molecular flexibility index (Phi) is 2.10. The molecule has 0 amide bonds. The van der Waals surface area contributed by atoms with Crippen molar-refractivity contribution in [3.63, 3.8) is 0 Å². The third-order valence-electron chi connectivity index (χ3n) is 0.992. The normalized spacial score (nSPS) is 23.2. The first-order valence-electron chi connectivity index (χ1n) is 3.04. The second kappa shape index (κ2) is 2.86. The lowest BCUT2D eigenvalue weighted by molar-refractivity contribution is 0.443. The van der Waals surface area contributed by atoms with Crippen LogP contribution < -0.4 is 0 Å². The maximum Gasteiger partial charge on any atom is 0.141 e. The quantitative estimate of drug-likeness (QED) is 0.361. The number of rotatable bonds is 1. The van der Waals surface area contributed by atoms with Crippen molar-refractivity contribution in [1.29, 1.82) is 0 Å². The van der Waals surface area contributed by atoms with Gasteiger partial charge in [0.1, 0.15) is 6.10 Å². The van der Waals surface area contributed by atoms with Crippen molar-refractivity contribution in [2.24, 2.45) is 0 Å². The Balaban J connectivity index is 2.09. The molecule has 0 radical (unpaired) electrons. The van der Waals surface area contributed by atoms with E-state index in [0.717, 1.165) is 13.2 Å². The van der Waals surface area contributed by atoms with Crippen LogP contribution in [-0.4, -0.2) is 38.3 Å². The number of nitrogens with zero attached hydrogens (tertiary/aromatic N) is 1. The number of ether oxygens (including phenoxy) is 1. The van der Waals surface area contributed by atoms with Gasteiger partial charge in [-0.1, -0.05) is 11.8 Å². The van der Waals surface area contributed by atoms with E-state index < -0.39 is 0 Å². The lowest BCUT2D eigenvalue weighted by Crippen LogP contribution is -2.10. The van der Waals surface area contributed by atoms with E-state index >= 15 is 0 Å². The summed E-state index contributed by atoms with van der Waals surface area (Å²) in [7, 11) is 4.00. The van der Waals surface area contributed by atoms with Crippen molar-refractivity contribution in [3.05, 3.63) is 0 Å². The summed E-state index contributed by atoms with van der Waals surface area (Å²) in [6, 6.07) is 0. The third-order valence-corrected chi connectivity index (χ3v) is 0.992. The van der Waals surface area contributed by atoms with Crippen LogP contribution in [0.3, 0.4) is 0 Å². The molecule has 0 N–H and O–H groups in total. The second-order valence-electron chi connectivity index (χ2n) is 2.38. The van der Waals surface area contributed by atoms with Crippen LogP contribution in [0, 0.1) is 11.8 Å². The van der Waals surface area contributed by atoms with Gasteiger partial charge in [-0.2, -0.15) is 0 Å². The van der Waals surface area contributed by atoms with Crippen molar-refractivity contribution in [2.75, 3.05) is 27.2 Å². The van der Waals surface area contributed by atoms with Crippen molar-refractivity contribution in [2.45, 2.75) is 6.10 Å². The zero-order valence-corrected chi connectivity index (χ0v) is 5.85. The molecule has 50 valence electrons. The maximum atomic E-state index is 4.90. The fraction of sp³-hybridized carbons (Fsp3) is 0.714. The average Bonchev–Trinajstić information content (AvgIpc) is 2.48. The summed E-state index contributed by atoms with van der Waals surface area (Å²) >= 11 is 0. The highest BCUT2D eigenvalue weighted by Gasteiger charge is 2.18. The molecule has 0 aliphatic carbocycles. The molecule has 0 saturated carbocycles. The smallest absolute Gasteiger partial charge is 0.141 e. The maximum absolute atomic E-state index is 4.90. The van der Waals surface area contributed by atoms with Crippen molar-refractivity contribution >= 4 is 0 Å². The highest BCUT2D eigenvalue weighted by molar-refractivity contribution is 5.10. The fourth-order valence-electron chi connectivity index (χ4n) is 0.449. The molecule has 1 aliphatic heterocycles. The molecule has 9 heavy (non-hydrogen) atoms. The Labute approximate surface area is 55.8 Å². The van der Waals surface area contributed by atoms with E-state index in [0.29, 0.717) is 0 Å². The Morgan fingerprint density at radius 2 is 2.33 bits per heavy atom. The van der Waals surface area contributed by atoms with Gasteiger partial charge in [0, 0.05) is 0 Å². The molecule has 0 aromatic carbocycles. The van der Waals surface area contributed by atoms with Gasteiger partial charge < -0.3 is 4.74 Å². The van der Waals surface area contributed by atoms with Crippen LogP contribution in [0.5, 0.6) is 0 Å². The minimum absolute atomic E-state index is 0.255. The molecule has 0 spiro atoms. The SMILES string of the molecule is CN(C)CC#CC1CO1. The molecule has 0 bridgehead atoms. The highest BCUT2D eigenvalue weighted by Crippen LogP contribution is 2.05. The zero-order chi connectivity index (χ0) is 6.69. The van der Waals surface area contributed by atoms with Crippen LogP contribution in [-0.2, 0) is 4.74 Å². The molecule has 0 aromatic heterocycles. The van der Waals surface area contributed by atoms with Crippen LogP contribution in [0.15, 0.2) is 0 Å². The molecule has 1 atom stereocenters. The van der Waals surface area contributed by atoms with E-state index in [1.165, 1.54) is 0 Å². The summed E-state index contributed by atoms with van der Waals surface area (Å²) in [6.07, 6.45) is 0.255. The monoisotopic (exact) mass is 125 g/mol. The average molecular weight is 125 g/mol. The number of hydrogen-bond acceptors (Lipinski definition) is 2. The molecule has 2 nitrogen and oxygen atoms in total. The molecule has 0 aromatic rings. The van der Waals surface area contributed by atoms with Gasteiger partial charge in [0.25, 0.3) is 0 Å². The first-order valence-corrected chi connectivity index (χ1v) is 3.04. The Morgan fingerprint density at radius 3 is 2.78 bits per heavy atom. The van der Waals surface area contributed by atoms with E-state index in [2.05, 4.69) is 11.8 Å². The summed E-state index contributed by atoms with van der Waals surface area (Å²) in [5.74, 6) is 5.97. The van der Waals surface area contributed by atoms with E-state index in [9.17, 15) is 0 Å². The van der Waals surface area contributed by atoms with Crippen LogP contribution in [0.4, 0.5) is 0 Å². The predicted octanol–water partition coefficient (Wildman–Crippen LogP) is -0.0498. The van der Waals surface area contributed by atoms with Gasteiger partial charge >= 0.3 is 0 Å². The number of epoxide rings is 1. The van der Waals surface area contributed by atoms with E-state index in [1.54, 1.807) is 0 Å². The molecular weight excluding hydrogens is 114 g/mol. The highest BCUT2D eigenvalue weighted by atomic mass is 16.6. The Morgan fingerprint density at radius 1 is 1.67 bits per heavy atom. The molecule has 1 fully saturated rings. The van der Waals surface area contributed by atoms with Gasteiger partial charge in [0.2, 0.25) is 0 Å². The van der Waals surface area contributed by atoms with Gasteiger partial charge in [-0.05, 0) is 14.1 Å². The summed E-state index contributed by atoms with van der Waals surface area (Å²) in [5.41, 5.74) is 0. The number of hydrogen-bond donors (Lipinski definition) is 0. The topological polar surface area (TPSA) is 15.8 Å². The van der Waals surface area contributed by atoms with E-state index in [4.69, 9.17) is 4.74 Å². The fourth-order valence-corrected chi connectivity index (χ4v) is 0.449. The third kappa shape index (κ3) is 3.12. The van der Waals surface area contributed by atoms with Gasteiger partial charge in [0.15, 0.2) is 0 Å². The first kappa shape index (κ1) is 6.60. The minimum Gasteiger partial charge on any atom is -0.359 e. The summed E-state index contributed by atoms with van der Waals surface area (Å²) in [6.45, 7) is 1.67. The summed E-state index contributed by atoms with van der Waals surface area (Å²) in [4.78, 5) is 2.04. The molecular formula is C7H11NO. The summed E-state index contributed by atoms with van der Waals surface area (Å²) in [5, 5.41) is 0. The lowest BCUT2D eigenvalue weighted by atomic mass is 10.4. The minimum atomic E-state index is 0.255. The first-order chi connectivity index (χ1) is 4.29. The van der Waals surface area contributed by atoms with Crippen LogP contribution in [0.1, 0.15) is 0 Å². The molecule has 2 heteroatoms. The van der Waals surface area contributed by atoms with Gasteiger partial charge in [-0.15, -0.1) is 0 Å². The standard InChI is InChI=1S/C7H11NO/c1-8(2)5-3-4-7-6-9-7/h7H,5-6H2,1-2H3. The van der Waals surface area contributed by atoms with Gasteiger partial charge in [-0.3, -0.25) is 4.90 Å². The zero-order valence-electron chi connectivity index (χ0n) is 5.85. The van der Waals surface area contributed by atoms with Crippen molar-refractivity contribution in [3.8, 4) is 11.8 Å². The molecule has 1 aliphatic rings. The lowest BCUT2D eigenvalue weighted by Gasteiger charge is -2.00.